The van der Waals surface area contributed by atoms with Crippen molar-refractivity contribution in [1.82, 2.24) is 9.47 Å². The molecule has 21 heavy (non-hydrogen) atoms. The van der Waals surface area contributed by atoms with Gasteiger partial charge in [0.1, 0.15) is 6.54 Å². The van der Waals surface area contributed by atoms with Crippen LogP contribution >= 0.6 is 0 Å². The van der Waals surface area contributed by atoms with Gasteiger partial charge in [0.2, 0.25) is 5.91 Å². The van der Waals surface area contributed by atoms with Crippen molar-refractivity contribution in [1.29, 1.82) is 0 Å². The molecule has 1 fully saturated rings. The largest absolute Gasteiger partial charge is 0.341 e. The summed E-state index contributed by atoms with van der Waals surface area (Å²) in [6.07, 6.45) is 6.77. The third-order valence-corrected chi connectivity index (χ3v) is 4.34. The molecular formula is C17H23N3O. The van der Waals surface area contributed by atoms with Gasteiger partial charge in [-0.1, -0.05) is 18.9 Å². The van der Waals surface area contributed by atoms with Crippen LogP contribution in [0.1, 0.15) is 31.2 Å². The molecular weight excluding hydrogens is 262 g/mol. The van der Waals surface area contributed by atoms with Crippen molar-refractivity contribution in [3.05, 3.63) is 36.0 Å². The number of hydrogen-bond acceptors (Lipinski definition) is 2. The number of likely N-dealkylation sites (tertiary alicyclic amines) is 1. The highest BCUT2D eigenvalue weighted by Gasteiger charge is 2.16. The van der Waals surface area contributed by atoms with E-state index in [9.17, 15) is 4.79 Å². The first kappa shape index (κ1) is 14.1. The van der Waals surface area contributed by atoms with Gasteiger partial charge >= 0.3 is 0 Å². The minimum Gasteiger partial charge on any atom is -0.341 e. The number of fused-ring (bicyclic) bond motifs is 1. The maximum atomic E-state index is 12.5. The van der Waals surface area contributed by atoms with E-state index in [1.54, 1.807) is 0 Å². The molecule has 1 aromatic heterocycles. The molecule has 4 heteroatoms. The van der Waals surface area contributed by atoms with Gasteiger partial charge in [0.25, 0.3) is 0 Å². The summed E-state index contributed by atoms with van der Waals surface area (Å²) in [5.74, 6) is 0.234. The van der Waals surface area contributed by atoms with E-state index in [1.807, 2.05) is 21.7 Å². The third-order valence-electron chi connectivity index (χ3n) is 4.34. The number of aromatic nitrogens is 1. The van der Waals surface area contributed by atoms with Gasteiger partial charge in [0.15, 0.2) is 0 Å². The lowest BCUT2D eigenvalue weighted by atomic mass is 10.1. The highest BCUT2D eigenvalue weighted by molar-refractivity contribution is 5.84. The second-order valence-electron chi connectivity index (χ2n) is 5.84. The monoisotopic (exact) mass is 285 g/mol. The zero-order valence-corrected chi connectivity index (χ0v) is 12.4. The highest BCUT2D eigenvalue weighted by Crippen LogP contribution is 2.18. The predicted octanol–water partition coefficient (Wildman–Crippen LogP) is 2.50. The first-order chi connectivity index (χ1) is 10.3. The summed E-state index contributed by atoms with van der Waals surface area (Å²) in [6.45, 7) is 2.81. The van der Waals surface area contributed by atoms with Gasteiger partial charge in [0, 0.05) is 31.3 Å². The Kier molecular flexibility index (Phi) is 4.25. The van der Waals surface area contributed by atoms with E-state index >= 15 is 0 Å². The van der Waals surface area contributed by atoms with Crippen molar-refractivity contribution in [2.45, 2.75) is 38.8 Å². The minimum atomic E-state index is 0.234. The molecule has 1 saturated heterocycles. The lowest BCUT2D eigenvalue weighted by Crippen LogP contribution is -2.34. The molecule has 0 saturated carbocycles. The van der Waals surface area contributed by atoms with Crippen molar-refractivity contribution in [2.75, 3.05) is 13.1 Å². The Bertz CT molecular complexity index is 624. The Labute approximate surface area is 125 Å². The van der Waals surface area contributed by atoms with Crippen LogP contribution in [0.5, 0.6) is 0 Å². The van der Waals surface area contributed by atoms with Gasteiger partial charge in [-0.05, 0) is 42.0 Å². The molecule has 1 aliphatic heterocycles. The number of carbonyl (C=O) groups excluding carboxylic acids is 1. The normalized spacial score (nSPS) is 16.1. The van der Waals surface area contributed by atoms with E-state index in [0.29, 0.717) is 13.1 Å². The fraction of sp³-hybridized carbons (Fsp3) is 0.471. The summed E-state index contributed by atoms with van der Waals surface area (Å²) < 4.78 is 2.04. The topological polar surface area (TPSA) is 51.3 Å². The van der Waals surface area contributed by atoms with Crippen LogP contribution in [0, 0.1) is 0 Å². The Morgan fingerprint density at radius 3 is 2.57 bits per heavy atom. The van der Waals surface area contributed by atoms with Crippen LogP contribution in [0.3, 0.4) is 0 Å². The maximum Gasteiger partial charge on any atom is 0.242 e. The molecule has 2 N–H and O–H groups in total. The van der Waals surface area contributed by atoms with E-state index in [2.05, 4.69) is 18.2 Å². The van der Waals surface area contributed by atoms with Crippen LogP contribution in [0.25, 0.3) is 10.9 Å². The number of amides is 1. The molecule has 1 aromatic carbocycles. The third kappa shape index (κ3) is 3.10. The minimum absolute atomic E-state index is 0.234. The molecule has 2 aromatic rings. The Hall–Kier alpha value is -1.81. The van der Waals surface area contributed by atoms with Crippen molar-refractivity contribution in [2.24, 2.45) is 5.73 Å². The molecule has 0 bridgehead atoms. The zero-order valence-electron chi connectivity index (χ0n) is 12.4. The van der Waals surface area contributed by atoms with E-state index in [0.717, 1.165) is 42.4 Å². The van der Waals surface area contributed by atoms with Crippen LogP contribution in [0.4, 0.5) is 0 Å². The summed E-state index contributed by atoms with van der Waals surface area (Å²) in [7, 11) is 0. The fourth-order valence-electron chi connectivity index (χ4n) is 3.08. The van der Waals surface area contributed by atoms with Crippen molar-refractivity contribution < 1.29 is 4.79 Å². The molecule has 0 radical (unpaired) electrons. The summed E-state index contributed by atoms with van der Waals surface area (Å²) in [5.41, 5.74) is 7.90. The SMILES string of the molecule is NCc1ccc2c(ccn2CC(=O)N2CCCCCC2)c1. The number of nitrogens with two attached hydrogens (primary N) is 1. The van der Waals surface area contributed by atoms with Crippen LogP contribution in [0.15, 0.2) is 30.5 Å². The summed E-state index contributed by atoms with van der Waals surface area (Å²) in [5, 5.41) is 1.15. The number of nitrogens with zero attached hydrogens (tertiary/aromatic N) is 2. The van der Waals surface area contributed by atoms with Crippen molar-refractivity contribution >= 4 is 16.8 Å². The molecule has 2 heterocycles. The molecule has 1 aliphatic rings. The summed E-state index contributed by atoms with van der Waals surface area (Å²) >= 11 is 0. The number of benzene rings is 1. The van der Waals surface area contributed by atoms with E-state index in [-0.39, 0.29) is 5.91 Å². The van der Waals surface area contributed by atoms with Crippen LogP contribution < -0.4 is 5.73 Å². The van der Waals surface area contributed by atoms with Crippen LogP contribution in [0.2, 0.25) is 0 Å². The summed E-state index contributed by atoms with van der Waals surface area (Å²) in [6, 6.07) is 8.26. The second kappa shape index (κ2) is 6.31. The summed E-state index contributed by atoms with van der Waals surface area (Å²) in [4.78, 5) is 14.5. The van der Waals surface area contributed by atoms with Crippen LogP contribution in [-0.2, 0) is 17.9 Å². The fourth-order valence-corrected chi connectivity index (χ4v) is 3.08. The van der Waals surface area contributed by atoms with Gasteiger partial charge < -0.3 is 15.2 Å². The van der Waals surface area contributed by atoms with Gasteiger partial charge in [-0.15, -0.1) is 0 Å². The van der Waals surface area contributed by atoms with E-state index in [4.69, 9.17) is 5.73 Å². The molecule has 1 amide bonds. The molecule has 0 aliphatic carbocycles. The van der Waals surface area contributed by atoms with Gasteiger partial charge in [-0.3, -0.25) is 4.79 Å². The standard InChI is InChI=1S/C17H23N3O/c18-12-14-5-6-16-15(11-14)7-10-20(16)13-17(21)19-8-3-1-2-4-9-19/h5-7,10-11H,1-4,8-9,12-13,18H2. The number of rotatable bonds is 3. The molecule has 0 spiro atoms. The van der Waals surface area contributed by atoms with Crippen LogP contribution in [-0.4, -0.2) is 28.5 Å². The average Bonchev–Trinajstić information content (AvgIpc) is 2.73. The predicted molar refractivity (Wildman–Crippen MR) is 84.9 cm³/mol. The highest BCUT2D eigenvalue weighted by atomic mass is 16.2. The molecule has 3 rings (SSSR count). The van der Waals surface area contributed by atoms with Gasteiger partial charge in [0.05, 0.1) is 0 Å². The smallest absolute Gasteiger partial charge is 0.242 e. The lowest BCUT2D eigenvalue weighted by Gasteiger charge is -2.20. The molecule has 0 unspecified atom stereocenters. The molecule has 4 nitrogen and oxygen atoms in total. The number of carbonyl (C=O) groups is 1. The van der Waals surface area contributed by atoms with Crippen molar-refractivity contribution in [3.8, 4) is 0 Å². The first-order valence-electron chi connectivity index (χ1n) is 7.83. The number of hydrogen-bond donors (Lipinski definition) is 1. The zero-order chi connectivity index (χ0) is 14.7. The maximum absolute atomic E-state index is 12.5. The molecule has 112 valence electrons. The average molecular weight is 285 g/mol. The molecule has 0 atom stereocenters. The lowest BCUT2D eigenvalue weighted by molar-refractivity contribution is -0.131. The van der Waals surface area contributed by atoms with Gasteiger partial charge in [-0.25, -0.2) is 0 Å². The first-order valence-corrected chi connectivity index (χ1v) is 7.83. The van der Waals surface area contributed by atoms with E-state index < -0.39 is 0 Å². The van der Waals surface area contributed by atoms with Crippen molar-refractivity contribution in [3.63, 3.8) is 0 Å². The Balaban J connectivity index is 1.76. The second-order valence-corrected chi connectivity index (χ2v) is 5.84. The Morgan fingerprint density at radius 1 is 1.10 bits per heavy atom. The van der Waals surface area contributed by atoms with E-state index in [1.165, 1.54) is 12.8 Å². The Morgan fingerprint density at radius 2 is 1.86 bits per heavy atom. The quantitative estimate of drug-likeness (QED) is 0.942. The van der Waals surface area contributed by atoms with Gasteiger partial charge in [-0.2, -0.15) is 0 Å².